The molecule has 2 heterocycles. The number of aliphatic hydroxyl groups is 3. The summed E-state index contributed by atoms with van der Waals surface area (Å²) in [7, 11) is 0. The minimum Gasteiger partial charge on any atom is -0.394 e. The van der Waals surface area contributed by atoms with Crippen molar-refractivity contribution in [2.45, 2.75) is 31.3 Å². The van der Waals surface area contributed by atoms with E-state index in [9.17, 15) is 20.3 Å². The summed E-state index contributed by atoms with van der Waals surface area (Å²) in [6.07, 6.45) is -3.57. The fourth-order valence-electron chi connectivity index (χ4n) is 3.88. The number of nitrogens with one attached hydrogen (secondary N) is 2. The third-order valence-electron chi connectivity index (χ3n) is 6.02. The number of anilines is 1. The number of aliphatic hydroxyl groups excluding tert-OH is 3. The lowest BCUT2D eigenvalue weighted by Gasteiger charge is -2.37. The lowest BCUT2D eigenvalue weighted by Crippen LogP contribution is -2.60. The Morgan fingerprint density at radius 2 is 1.91 bits per heavy atom. The zero-order chi connectivity index (χ0) is 23.8. The molecule has 1 aromatic rings. The topological polar surface area (TPSA) is 147 Å². The Morgan fingerprint density at radius 1 is 1.21 bits per heavy atom. The molecular weight excluding hydrogens is 428 g/mol. The largest absolute Gasteiger partial charge is 0.394 e. The maximum atomic E-state index is 12.7. The fraction of sp³-hybridized carbons (Fsp3) is 0.565. The number of allylic oxidation sites excluding steroid dienone is 1. The third-order valence-corrected chi connectivity index (χ3v) is 6.02. The molecule has 0 bridgehead atoms. The minimum atomic E-state index is -1.34. The molecule has 2 aliphatic rings. The first kappa shape index (κ1) is 25.1. The number of ether oxygens (including phenoxy) is 2. The lowest BCUT2D eigenvalue weighted by molar-refractivity contribution is -0.163. The van der Waals surface area contributed by atoms with Gasteiger partial charge in [0.25, 0.3) is 5.91 Å². The van der Waals surface area contributed by atoms with Crippen LogP contribution in [0.2, 0.25) is 0 Å². The summed E-state index contributed by atoms with van der Waals surface area (Å²) >= 11 is 0. The molecule has 10 nitrogen and oxygen atoms in total. The first-order chi connectivity index (χ1) is 15.9. The van der Waals surface area contributed by atoms with Gasteiger partial charge in [-0.2, -0.15) is 5.26 Å². The Hall–Kier alpha value is -2.52. The van der Waals surface area contributed by atoms with E-state index >= 15 is 0 Å². The van der Waals surface area contributed by atoms with Crippen LogP contribution in [0.15, 0.2) is 29.8 Å². The van der Waals surface area contributed by atoms with E-state index < -0.39 is 36.9 Å². The molecule has 10 heteroatoms. The number of morpholine rings is 1. The molecule has 1 aromatic carbocycles. The van der Waals surface area contributed by atoms with Crippen LogP contribution in [0.5, 0.6) is 0 Å². The van der Waals surface area contributed by atoms with Gasteiger partial charge in [0.05, 0.1) is 32.5 Å². The molecule has 3 rings (SSSR count). The van der Waals surface area contributed by atoms with Crippen LogP contribution in [0.4, 0.5) is 5.69 Å². The van der Waals surface area contributed by atoms with Gasteiger partial charge in [0.1, 0.15) is 30.0 Å². The number of nitriles is 1. The predicted molar refractivity (Wildman–Crippen MR) is 121 cm³/mol. The number of nitrogens with zero attached hydrogens (tertiary/aromatic N) is 2. The Kier molecular flexibility index (Phi) is 9.20. The number of amides is 1. The molecule has 0 radical (unpaired) electrons. The van der Waals surface area contributed by atoms with Crippen molar-refractivity contribution in [2.24, 2.45) is 0 Å². The van der Waals surface area contributed by atoms with Crippen LogP contribution in [0.3, 0.4) is 0 Å². The monoisotopic (exact) mass is 460 g/mol. The van der Waals surface area contributed by atoms with Crippen LogP contribution >= 0.6 is 0 Å². The molecule has 1 amide bonds. The summed E-state index contributed by atoms with van der Waals surface area (Å²) in [5.41, 5.74) is 2.07. The zero-order valence-corrected chi connectivity index (χ0v) is 18.7. The maximum Gasteiger partial charge on any atom is 0.262 e. The van der Waals surface area contributed by atoms with Gasteiger partial charge in [-0.15, -0.1) is 0 Å². The second kappa shape index (κ2) is 12.1. The molecule has 2 saturated heterocycles. The molecule has 0 aliphatic carbocycles. The molecule has 33 heavy (non-hydrogen) atoms. The minimum absolute atomic E-state index is 0.0855. The van der Waals surface area contributed by atoms with Gasteiger partial charge in [-0.1, -0.05) is 12.1 Å². The van der Waals surface area contributed by atoms with Gasteiger partial charge in [-0.25, -0.2) is 0 Å². The van der Waals surface area contributed by atoms with Crippen LogP contribution in [-0.4, -0.2) is 103 Å². The van der Waals surface area contributed by atoms with E-state index in [1.165, 1.54) is 0 Å². The second-order valence-electron chi connectivity index (χ2n) is 8.19. The van der Waals surface area contributed by atoms with E-state index in [2.05, 4.69) is 15.5 Å². The number of hydrogen-bond acceptors (Lipinski definition) is 9. The highest BCUT2D eigenvalue weighted by Gasteiger charge is 2.39. The van der Waals surface area contributed by atoms with E-state index in [4.69, 9.17) is 14.6 Å². The Bertz CT molecular complexity index is 863. The molecular formula is C23H32N4O6. The van der Waals surface area contributed by atoms with Gasteiger partial charge < -0.3 is 35.4 Å². The van der Waals surface area contributed by atoms with Crippen molar-refractivity contribution in [3.05, 3.63) is 35.4 Å². The Balaban J connectivity index is 1.58. The van der Waals surface area contributed by atoms with Gasteiger partial charge in [-0.05, 0) is 30.2 Å². The van der Waals surface area contributed by atoms with Crippen molar-refractivity contribution in [1.29, 1.82) is 5.26 Å². The molecule has 0 aromatic heterocycles. The number of benzene rings is 1. The number of carbonyl (C=O) groups excluding carboxylic acids is 1. The summed E-state index contributed by atoms with van der Waals surface area (Å²) < 4.78 is 10.6. The molecule has 0 unspecified atom stereocenters. The molecule has 5 N–H and O–H groups in total. The lowest BCUT2D eigenvalue weighted by atomic mass is 9.97. The smallest absolute Gasteiger partial charge is 0.262 e. The molecule has 180 valence electrons. The second-order valence-corrected chi connectivity index (χ2v) is 8.19. The van der Waals surface area contributed by atoms with Crippen LogP contribution < -0.4 is 10.6 Å². The predicted octanol–water partition coefficient (Wildman–Crippen LogP) is -0.675. The zero-order valence-electron chi connectivity index (χ0n) is 18.7. The van der Waals surface area contributed by atoms with Crippen molar-refractivity contribution >= 4 is 17.2 Å². The summed E-state index contributed by atoms with van der Waals surface area (Å²) in [6.45, 7) is 6.29. The SMILES string of the molecule is C/C(=C(/C#N)C(=O)N[C@H]1CO[C@H](CO)[C@@H](O)[C@@H]1O)c1ccc(NCCN2CCOCC2)cc1. The van der Waals surface area contributed by atoms with Crippen molar-refractivity contribution in [1.82, 2.24) is 10.2 Å². The Labute approximate surface area is 193 Å². The van der Waals surface area contributed by atoms with E-state index in [1.807, 2.05) is 30.3 Å². The molecule has 2 fully saturated rings. The first-order valence-corrected chi connectivity index (χ1v) is 11.1. The van der Waals surface area contributed by atoms with Gasteiger partial charge >= 0.3 is 0 Å². The number of rotatable bonds is 8. The van der Waals surface area contributed by atoms with Crippen LogP contribution in [0, 0.1) is 11.3 Å². The number of hydrogen-bond donors (Lipinski definition) is 5. The van der Waals surface area contributed by atoms with E-state index in [-0.39, 0.29) is 12.2 Å². The average Bonchev–Trinajstić information content (AvgIpc) is 2.84. The van der Waals surface area contributed by atoms with Crippen LogP contribution in [0.25, 0.3) is 5.57 Å². The molecule has 4 atom stereocenters. The molecule has 2 aliphatic heterocycles. The standard InChI is InChI=1S/C23H32N4O6/c1-15(16-2-4-17(5-3-16)25-6-7-27-8-10-32-11-9-27)18(12-24)23(31)26-19-14-33-20(13-28)22(30)21(19)29/h2-5,19-22,25,28-30H,6-11,13-14H2,1H3,(H,26,31)/b18-15+/t19-,20+,21+,22+/m0/s1. The van der Waals surface area contributed by atoms with Gasteiger partial charge in [0.2, 0.25) is 0 Å². The van der Waals surface area contributed by atoms with Crippen molar-refractivity contribution < 1.29 is 29.6 Å². The van der Waals surface area contributed by atoms with Crippen LogP contribution in [0.1, 0.15) is 12.5 Å². The Morgan fingerprint density at radius 3 is 2.55 bits per heavy atom. The summed E-state index contributed by atoms with van der Waals surface area (Å²) in [4.78, 5) is 15.0. The highest BCUT2D eigenvalue weighted by atomic mass is 16.5. The fourth-order valence-corrected chi connectivity index (χ4v) is 3.88. The summed E-state index contributed by atoms with van der Waals surface area (Å²) in [5.74, 6) is -0.662. The molecule has 0 saturated carbocycles. The number of carbonyl (C=O) groups is 1. The van der Waals surface area contributed by atoms with E-state index in [0.717, 1.165) is 50.6 Å². The van der Waals surface area contributed by atoms with Gasteiger partial charge in [-0.3, -0.25) is 9.69 Å². The van der Waals surface area contributed by atoms with Crippen molar-refractivity contribution in [3.63, 3.8) is 0 Å². The quantitative estimate of drug-likeness (QED) is 0.252. The maximum absolute atomic E-state index is 12.7. The highest BCUT2D eigenvalue weighted by Crippen LogP contribution is 2.22. The van der Waals surface area contributed by atoms with E-state index in [1.54, 1.807) is 6.92 Å². The summed E-state index contributed by atoms with van der Waals surface area (Å²) in [5, 5.41) is 44.9. The summed E-state index contributed by atoms with van der Waals surface area (Å²) in [6, 6.07) is 8.51. The van der Waals surface area contributed by atoms with Crippen LogP contribution in [-0.2, 0) is 14.3 Å². The highest BCUT2D eigenvalue weighted by molar-refractivity contribution is 6.04. The average molecular weight is 461 g/mol. The van der Waals surface area contributed by atoms with Gasteiger partial charge in [0, 0.05) is 31.9 Å². The molecule has 0 spiro atoms. The third kappa shape index (κ3) is 6.51. The van der Waals surface area contributed by atoms with Gasteiger partial charge in [0.15, 0.2) is 0 Å². The normalized spacial score (nSPS) is 26.8. The van der Waals surface area contributed by atoms with E-state index in [0.29, 0.717) is 5.57 Å². The van der Waals surface area contributed by atoms with Crippen molar-refractivity contribution in [3.8, 4) is 6.07 Å². The first-order valence-electron chi connectivity index (χ1n) is 11.1. The van der Waals surface area contributed by atoms with Crippen molar-refractivity contribution in [2.75, 3.05) is 57.9 Å².